The quantitative estimate of drug-likeness (QED) is 0.568. The summed E-state index contributed by atoms with van der Waals surface area (Å²) >= 11 is 0. The van der Waals surface area contributed by atoms with Crippen molar-refractivity contribution in [2.75, 3.05) is 6.61 Å². The highest BCUT2D eigenvalue weighted by atomic mass is 16.5. The van der Waals surface area contributed by atoms with Crippen LogP contribution in [0, 0.1) is 5.92 Å². The summed E-state index contributed by atoms with van der Waals surface area (Å²) in [6.45, 7) is 1.54. The van der Waals surface area contributed by atoms with Gasteiger partial charge in [0, 0.05) is 6.04 Å². The summed E-state index contributed by atoms with van der Waals surface area (Å²) in [5.41, 5.74) is 0.449. The average molecular weight is 396 g/mol. The first-order valence-corrected chi connectivity index (χ1v) is 9.43. The van der Waals surface area contributed by atoms with E-state index in [9.17, 15) is 19.2 Å². The molecule has 1 atom stereocenters. The molecule has 0 radical (unpaired) electrons. The lowest BCUT2D eigenvalue weighted by molar-refractivity contribution is -0.125. The van der Waals surface area contributed by atoms with Crippen molar-refractivity contribution in [3.05, 3.63) is 59.0 Å². The van der Waals surface area contributed by atoms with Gasteiger partial charge >= 0.3 is 5.97 Å². The standard InChI is InChI=1S/C21H20N2O6/c1-12(13-4-5-13)22-18(24)11-29-21(27)14-6-7-16-17(9-14)20(26)23(19(16)25)10-15-3-2-8-28-15/h2-3,6-9,12-13H,4-5,10-11H2,1H3,(H,22,24)/t12-/m0/s1. The van der Waals surface area contributed by atoms with Gasteiger partial charge in [-0.25, -0.2) is 4.79 Å². The number of furan rings is 1. The van der Waals surface area contributed by atoms with Crippen LogP contribution in [-0.4, -0.2) is 41.2 Å². The van der Waals surface area contributed by atoms with E-state index in [-0.39, 0.29) is 35.2 Å². The van der Waals surface area contributed by atoms with Gasteiger partial charge in [-0.3, -0.25) is 19.3 Å². The maximum Gasteiger partial charge on any atom is 0.338 e. The number of amides is 3. The zero-order valence-corrected chi connectivity index (χ0v) is 15.8. The predicted octanol–water partition coefficient (Wildman–Crippen LogP) is 2.15. The van der Waals surface area contributed by atoms with Crippen LogP contribution in [0.25, 0.3) is 0 Å². The Bertz CT molecular complexity index is 977. The number of hydrogen-bond donors (Lipinski definition) is 1. The summed E-state index contributed by atoms with van der Waals surface area (Å²) < 4.78 is 10.2. The zero-order chi connectivity index (χ0) is 20.5. The van der Waals surface area contributed by atoms with Crippen molar-refractivity contribution >= 4 is 23.7 Å². The molecule has 8 nitrogen and oxygen atoms in total. The molecule has 29 heavy (non-hydrogen) atoms. The smallest absolute Gasteiger partial charge is 0.338 e. The van der Waals surface area contributed by atoms with Crippen LogP contribution in [-0.2, 0) is 16.1 Å². The first-order chi connectivity index (χ1) is 13.9. The van der Waals surface area contributed by atoms with E-state index < -0.39 is 24.4 Å². The third kappa shape index (κ3) is 3.91. The predicted molar refractivity (Wildman–Crippen MR) is 100.0 cm³/mol. The minimum absolute atomic E-state index is 0.0124. The van der Waals surface area contributed by atoms with Crippen LogP contribution < -0.4 is 5.32 Å². The molecule has 0 bridgehead atoms. The van der Waals surface area contributed by atoms with Gasteiger partial charge in [-0.2, -0.15) is 0 Å². The molecule has 0 saturated heterocycles. The Kier molecular flexibility index (Phi) is 4.92. The molecule has 2 heterocycles. The number of fused-ring (bicyclic) bond motifs is 1. The molecule has 2 aliphatic rings. The fourth-order valence-electron chi connectivity index (χ4n) is 3.34. The Balaban J connectivity index is 1.40. The lowest BCUT2D eigenvalue weighted by Crippen LogP contribution is -2.37. The number of nitrogens with one attached hydrogen (secondary N) is 1. The number of benzene rings is 1. The molecule has 1 aliphatic heterocycles. The number of carbonyl (C=O) groups excluding carboxylic acids is 4. The van der Waals surface area contributed by atoms with Gasteiger partial charge in [-0.1, -0.05) is 0 Å². The van der Waals surface area contributed by atoms with Crippen molar-refractivity contribution < 1.29 is 28.3 Å². The first-order valence-electron chi connectivity index (χ1n) is 9.43. The van der Waals surface area contributed by atoms with E-state index in [0.29, 0.717) is 11.7 Å². The summed E-state index contributed by atoms with van der Waals surface area (Å²) in [5, 5.41) is 2.80. The number of ether oxygens (including phenoxy) is 1. The van der Waals surface area contributed by atoms with Crippen LogP contribution >= 0.6 is 0 Å². The summed E-state index contributed by atoms with van der Waals surface area (Å²) in [5.74, 6) is -1.08. The minimum atomic E-state index is -0.730. The van der Waals surface area contributed by atoms with Crippen LogP contribution in [0.2, 0.25) is 0 Å². The second kappa shape index (κ2) is 7.54. The zero-order valence-electron chi connectivity index (χ0n) is 15.8. The molecule has 2 aromatic rings. The maximum absolute atomic E-state index is 12.6. The topological polar surface area (TPSA) is 106 Å². The van der Waals surface area contributed by atoms with Crippen LogP contribution in [0.3, 0.4) is 0 Å². The van der Waals surface area contributed by atoms with E-state index in [4.69, 9.17) is 9.15 Å². The molecular formula is C21H20N2O6. The third-order valence-corrected chi connectivity index (χ3v) is 5.15. The summed E-state index contributed by atoms with van der Waals surface area (Å²) in [6.07, 6.45) is 3.66. The van der Waals surface area contributed by atoms with Crippen LogP contribution in [0.5, 0.6) is 0 Å². The van der Waals surface area contributed by atoms with Gasteiger partial charge in [0.2, 0.25) is 0 Å². The second-order valence-corrected chi connectivity index (χ2v) is 7.31. The Hall–Kier alpha value is -3.42. The van der Waals surface area contributed by atoms with E-state index in [0.717, 1.165) is 17.7 Å². The summed E-state index contributed by atoms with van der Waals surface area (Å²) in [7, 11) is 0. The third-order valence-electron chi connectivity index (χ3n) is 5.15. The highest BCUT2D eigenvalue weighted by Crippen LogP contribution is 2.32. The largest absolute Gasteiger partial charge is 0.467 e. The van der Waals surface area contributed by atoms with Crippen molar-refractivity contribution in [3.63, 3.8) is 0 Å². The highest BCUT2D eigenvalue weighted by molar-refractivity contribution is 6.21. The molecule has 1 aromatic heterocycles. The number of imide groups is 1. The molecular weight excluding hydrogens is 376 g/mol. The van der Waals surface area contributed by atoms with Gasteiger partial charge in [-0.05, 0) is 56.0 Å². The number of carbonyl (C=O) groups is 4. The molecule has 4 rings (SSSR count). The van der Waals surface area contributed by atoms with Crippen molar-refractivity contribution in [1.29, 1.82) is 0 Å². The Morgan fingerprint density at radius 1 is 1.21 bits per heavy atom. The molecule has 0 spiro atoms. The molecule has 1 N–H and O–H groups in total. The van der Waals surface area contributed by atoms with Crippen molar-refractivity contribution in [1.82, 2.24) is 10.2 Å². The molecule has 1 aliphatic carbocycles. The van der Waals surface area contributed by atoms with Crippen molar-refractivity contribution in [3.8, 4) is 0 Å². The van der Waals surface area contributed by atoms with Gasteiger partial charge in [0.1, 0.15) is 5.76 Å². The first kappa shape index (κ1) is 18.9. The Morgan fingerprint density at radius 2 is 1.97 bits per heavy atom. The van der Waals surface area contributed by atoms with Gasteiger partial charge < -0.3 is 14.5 Å². The molecule has 3 amide bonds. The lowest BCUT2D eigenvalue weighted by atomic mass is 10.1. The second-order valence-electron chi connectivity index (χ2n) is 7.31. The van der Waals surface area contributed by atoms with E-state index in [1.807, 2.05) is 6.92 Å². The van der Waals surface area contributed by atoms with Crippen molar-refractivity contribution in [2.45, 2.75) is 32.4 Å². The Morgan fingerprint density at radius 3 is 2.66 bits per heavy atom. The number of esters is 1. The number of hydrogen-bond acceptors (Lipinski definition) is 6. The van der Waals surface area contributed by atoms with Gasteiger partial charge in [0.25, 0.3) is 17.7 Å². The van der Waals surface area contributed by atoms with E-state index in [1.54, 1.807) is 12.1 Å². The minimum Gasteiger partial charge on any atom is -0.467 e. The number of rotatable bonds is 7. The fraction of sp³-hybridized carbons (Fsp3) is 0.333. The van der Waals surface area contributed by atoms with E-state index in [1.165, 1.54) is 24.5 Å². The highest BCUT2D eigenvalue weighted by Gasteiger charge is 2.36. The van der Waals surface area contributed by atoms with Gasteiger partial charge in [-0.15, -0.1) is 0 Å². The van der Waals surface area contributed by atoms with E-state index in [2.05, 4.69) is 5.32 Å². The van der Waals surface area contributed by atoms with E-state index >= 15 is 0 Å². The molecule has 8 heteroatoms. The Labute approximate surface area is 166 Å². The maximum atomic E-state index is 12.6. The lowest BCUT2D eigenvalue weighted by Gasteiger charge is -2.12. The molecule has 1 aromatic carbocycles. The van der Waals surface area contributed by atoms with Crippen LogP contribution in [0.4, 0.5) is 0 Å². The normalized spacial score (nSPS) is 16.5. The molecule has 1 saturated carbocycles. The molecule has 0 unspecified atom stereocenters. The SMILES string of the molecule is C[C@H](NC(=O)COC(=O)c1ccc2c(c1)C(=O)N(Cc1ccco1)C2=O)C1CC1. The summed E-state index contributed by atoms with van der Waals surface area (Å²) in [4.78, 5) is 50.3. The van der Waals surface area contributed by atoms with Crippen molar-refractivity contribution in [2.24, 2.45) is 5.92 Å². The monoisotopic (exact) mass is 396 g/mol. The fourth-order valence-corrected chi connectivity index (χ4v) is 3.34. The van der Waals surface area contributed by atoms with Crippen LogP contribution in [0.1, 0.15) is 56.6 Å². The summed E-state index contributed by atoms with van der Waals surface area (Å²) in [6, 6.07) is 7.55. The van der Waals surface area contributed by atoms with Crippen LogP contribution in [0.15, 0.2) is 41.0 Å². The van der Waals surface area contributed by atoms with Gasteiger partial charge in [0.05, 0.1) is 29.5 Å². The number of nitrogens with zero attached hydrogens (tertiary/aromatic N) is 1. The average Bonchev–Trinajstić information content (AvgIpc) is 3.40. The van der Waals surface area contributed by atoms with Gasteiger partial charge in [0.15, 0.2) is 6.61 Å². The molecule has 150 valence electrons. The molecule has 1 fully saturated rings.